The predicted molar refractivity (Wildman–Crippen MR) is 181 cm³/mol. The number of carboxylic acids is 1. The lowest BCUT2D eigenvalue weighted by Gasteiger charge is -2.16. The molecular weight excluding hydrogens is 650 g/mol. The van der Waals surface area contributed by atoms with Crippen molar-refractivity contribution in [3.63, 3.8) is 0 Å². The predicted octanol–water partition coefficient (Wildman–Crippen LogP) is 4.64. The van der Waals surface area contributed by atoms with Crippen molar-refractivity contribution in [3.8, 4) is 29.1 Å². The summed E-state index contributed by atoms with van der Waals surface area (Å²) in [6.45, 7) is 0. The lowest BCUT2D eigenvalue weighted by Crippen LogP contribution is -2.25. The largest absolute Gasteiger partial charge is 0.504 e. The molecule has 0 saturated carbocycles. The third-order valence-electron chi connectivity index (χ3n) is 7.43. The molecule has 3 amide bonds. The lowest BCUT2D eigenvalue weighted by molar-refractivity contribution is -0.119. The normalized spacial score (nSPS) is 11.0. The highest BCUT2D eigenvalue weighted by atomic mass is 16.5. The number of hydrogen-bond donors (Lipinski definition) is 7. The number of hydrogen-bond acceptors (Lipinski definition) is 11. The number of aromatic hydroxyl groups is 2. The van der Waals surface area contributed by atoms with Crippen molar-refractivity contribution in [2.24, 2.45) is 5.92 Å². The summed E-state index contributed by atoms with van der Waals surface area (Å²) >= 11 is 0. The maximum Gasteiger partial charge on any atom is 0.339 e. The third-order valence-corrected chi connectivity index (χ3v) is 7.43. The highest BCUT2D eigenvalue weighted by Crippen LogP contribution is 2.40. The number of amides is 3. The van der Waals surface area contributed by atoms with Crippen molar-refractivity contribution in [1.29, 1.82) is 5.26 Å². The molecule has 0 saturated heterocycles. The van der Waals surface area contributed by atoms with Crippen LogP contribution in [-0.4, -0.2) is 59.0 Å². The topological polar surface area (TPSA) is 250 Å². The van der Waals surface area contributed by atoms with E-state index in [4.69, 9.17) is 15.2 Å². The molecule has 0 fully saturated rings. The number of rotatable bonds is 13. The average Bonchev–Trinajstić information content (AvgIpc) is 3.08. The summed E-state index contributed by atoms with van der Waals surface area (Å²) in [7, 11) is 2.37. The van der Waals surface area contributed by atoms with Gasteiger partial charge < -0.3 is 46.5 Å². The minimum absolute atomic E-state index is 0.00933. The average molecular weight is 682 g/mol. The zero-order valence-electron chi connectivity index (χ0n) is 26.6. The number of methoxy groups -OCH3 is 2. The summed E-state index contributed by atoms with van der Waals surface area (Å²) in [4.78, 5) is 63.0. The second-order valence-corrected chi connectivity index (χ2v) is 10.7. The summed E-state index contributed by atoms with van der Waals surface area (Å²) in [5.74, 6) is -6.62. The molecular formula is C35H31N5O10. The fourth-order valence-corrected chi connectivity index (χ4v) is 4.82. The number of aromatic carboxylic acids is 1. The number of nitrogens with one attached hydrogen (secondary N) is 3. The second kappa shape index (κ2) is 15.7. The van der Waals surface area contributed by atoms with E-state index in [-0.39, 0.29) is 52.6 Å². The summed E-state index contributed by atoms with van der Waals surface area (Å²) in [5.41, 5.74) is 6.15. The van der Waals surface area contributed by atoms with Gasteiger partial charge in [-0.25, -0.2) is 4.79 Å². The zero-order valence-corrected chi connectivity index (χ0v) is 26.6. The molecule has 0 aromatic heterocycles. The Morgan fingerprint density at radius 2 is 1.26 bits per heavy atom. The van der Waals surface area contributed by atoms with E-state index >= 15 is 0 Å². The van der Waals surface area contributed by atoms with E-state index in [0.717, 1.165) is 6.07 Å². The van der Waals surface area contributed by atoms with Gasteiger partial charge in [-0.15, -0.1) is 0 Å². The van der Waals surface area contributed by atoms with Crippen LogP contribution in [-0.2, 0) is 4.79 Å². The van der Waals surface area contributed by atoms with Crippen molar-refractivity contribution in [2.45, 2.75) is 12.8 Å². The summed E-state index contributed by atoms with van der Waals surface area (Å²) in [6.07, 6.45) is -0.392. The molecule has 0 aliphatic carbocycles. The number of carboxylic acid groups (broad SMARTS) is 1. The van der Waals surface area contributed by atoms with E-state index in [1.165, 1.54) is 56.7 Å². The minimum Gasteiger partial charge on any atom is -0.504 e. The van der Waals surface area contributed by atoms with Crippen LogP contribution in [0, 0.1) is 17.2 Å². The molecule has 15 nitrogen and oxygen atoms in total. The van der Waals surface area contributed by atoms with Crippen LogP contribution in [0.25, 0.3) is 0 Å². The van der Waals surface area contributed by atoms with Crippen molar-refractivity contribution in [3.05, 3.63) is 95.1 Å². The number of nitrogens with two attached hydrogens (primary N) is 1. The first-order valence-electron chi connectivity index (χ1n) is 14.7. The van der Waals surface area contributed by atoms with E-state index in [0.29, 0.717) is 16.9 Å². The van der Waals surface area contributed by atoms with E-state index in [9.17, 15) is 44.6 Å². The number of benzene rings is 4. The molecule has 0 aliphatic heterocycles. The minimum atomic E-state index is -1.41. The van der Waals surface area contributed by atoms with Gasteiger partial charge in [-0.2, -0.15) is 5.26 Å². The highest BCUT2D eigenvalue weighted by molar-refractivity contribution is 6.10. The quantitative estimate of drug-likeness (QED) is 0.0753. The van der Waals surface area contributed by atoms with Crippen LogP contribution in [0.15, 0.2) is 72.8 Å². The Morgan fingerprint density at radius 1 is 0.740 bits per heavy atom. The summed E-state index contributed by atoms with van der Waals surface area (Å²) in [6, 6.07) is 18.7. The van der Waals surface area contributed by atoms with Crippen molar-refractivity contribution in [2.75, 3.05) is 35.9 Å². The molecule has 4 aromatic rings. The summed E-state index contributed by atoms with van der Waals surface area (Å²) in [5, 5.41) is 47.2. The first kappa shape index (κ1) is 35.8. The van der Waals surface area contributed by atoms with Crippen LogP contribution in [0.5, 0.6) is 23.0 Å². The number of nitrogens with zero attached hydrogens (tertiary/aromatic N) is 1. The number of nitriles is 1. The van der Waals surface area contributed by atoms with Gasteiger partial charge in [0, 0.05) is 35.3 Å². The van der Waals surface area contributed by atoms with Gasteiger partial charge in [-0.1, -0.05) is 0 Å². The number of phenols is 2. The molecule has 50 heavy (non-hydrogen) atoms. The highest BCUT2D eigenvalue weighted by Gasteiger charge is 2.25. The number of ketones is 1. The molecule has 4 rings (SSSR count). The van der Waals surface area contributed by atoms with Crippen molar-refractivity contribution < 1.29 is 48.8 Å². The van der Waals surface area contributed by atoms with Gasteiger partial charge in [0.25, 0.3) is 11.8 Å². The van der Waals surface area contributed by atoms with Crippen molar-refractivity contribution >= 4 is 52.2 Å². The van der Waals surface area contributed by atoms with Gasteiger partial charge in [0.15, 0.2) is 28.8 Å². The van der Waals surface area contributed by atoms with Crippen molar-refractivity contribution in [1.82, 2.24) is 0 Å². The Morgan fingerprint density at radius 3 is 1.80 bits per heavy atom. The number of nitrogen functional groups attached to an aromatic ring is 1. The van der Waals surface area contributed by atoms with Gasteiger partial charge in [-0.3, -0.25) is 19.2 Å². The third kappa shape index (κ3) is 8.06. The van der Waals surface area contributed by atoms with Gasteiger partial charge in [-0.05, 0) is 72.8 Å². The van der Waals surface area contributed by atoms with E-state index in [1.807, 2.05) is 6.07 Å². The van der Waals surface area contributed by atoms with E-state index in [2.05, 4.69) is 16.0 Å². The standard InChI is InChI=1S/C35H31N5O10/c1-49-30-25(13-11-23(28(30)42)34(46)40-26-14-12-24(35(47)48)29(43)31(26)50-2)39-32(44)19-5-9-22(10-6-19)38-33(45)20(15-16-36)17-27(41)18-3-7-21(37)8-4-18/h3-14,20,42-43H,15,17,37H2,1-2H3,(H,38,45)(H,39,44)(H,40,46)(H,47,48). The molecule has 0 radical (unpaired) electrons. The Kier molecular flexibility index (Phi) is 11.2. The molecule has 0 heterocycles. The van der Waals surface area contributed by atoms with Crippen LogP contribution in [0.1, 0.15) is 54.3 Å². The Hall–Kier alpha value is -7.08. The molecule has 1 unspecified atom stereocenters. The Balaban J connectivity index is 1.44. The molecule has 15 heteroatoms. The van der Waals surface area contributed by atoms with E-state index < -0.39 is 46.7 Å². The summed E-state index contributed by atoms with van der Waals surface area (Å²) < 4.78 is 10.3. The Labute approximate surface area is 284 Å². The molecule has 0 aliphatic rings. The van der Waals surface area contributed by atoms with Gasteiger partial charge in [0.1, 0.15) is 5.56 Å². The number of phenolic OH excluding ortho intramolecular Hbond substituents is 1. The molecule has 0 bridgehead atoms. The van der Waals surface area contributed by atoms with Gasteiger partial charge in [0.05, 0.1) is 43.1 Å². The fraction of sp³-hybridized carbons (Fsp3) is 0.143. The van der Waals surface area contributed by atoms with Crippen LogP contribution < -0.4 is 31.2 Å². The van der Waals surface area contributed by atoms with Crippen LogP contribution in [0.3, 0.4) is 0 Å². The zero-order chi connectivity index (χ0) is 36.5. The SMILES string of the molecule is COc1c(NC(=O)c2ccc(NC(=O)c3ccc(NC(=O)C(CC#N)CC(=O)c4ccc(N)cc4)cc3)c(OC)c2O)ccc(C(=O)O)c1O. The maximum atomic E-state index is 13.1. The fourth-order valence-electron chi connectivity index (χ4n) is 4.82. The van der Waals surface area contributed by atoms with Crippen LogP contribution in [0.4, 0.5) is 22.7 Å². The number of carbonyl (C=O) groups is 5. The molecule has 1 atom stereocenters. The number of ether oxygens (including phenoxy) is 2. The smallest absolute Gasteiger partial charge is 0.339 e. The number of Topliss-reactive ketones (excluding diaryl/α,β-unsaturated/α-hetero) is 1. The Bertz CT molecular complexity index is 2000. The first-order chi connectivity index (χ1) is 23.9. The molecule has 0 spiro atoms. The number of anilines is 4. The lowest BCUT2D eigenvalue weighted by atomic mass is 9.95. The van der Waals surface area contributed by atoms with Gasteiger partial charge in [0.2, 0.25) is 5.91 Å². The first-order valence-corrected chi connectivity index (χ1v) is 14.7. The number of carbonyl (C=O) groups excluding carboxylic acids is 4. The molecule has 4 aromatic carbocycles. The molecule has 8 N–H and O–H groups in total. The second-order valence-electron chi connectivity index (χ2n) is 10.7. The van der Waals surface area contributed by atoms with Crippen LogP contribution >= 0.6 is 0 Å². The van der Waals surface area contributed by atoms with Gasteiger partial charge >= 0.3 is 5.97 Å². The maximum absolute atomic E-state index is 13.1. The molecule has 256 valence electrons. The van der Waals surface area contributed by atoms with E-state index in [1.54, 1.807) is 24.3 Å². The van der Waals surface area contributed by atoms with Crippen LogP contribution in [0.2, 0.25) is 0 Å². The monoisotopic (exact) mass is 681 g/mol.